The van der Waals surface area contributed by atoms with Gasteiger partial charge in [-0.1, -0.05) is 0 Å². The number of aromatic nitrogens is 1. The quantitative estimate of drug-likeness (QED) is 0.658. The van der Waals surface area contributed by atoms with Gasteiger partial charge in [-0.2, -0.15) is 0 Å². The number of aromatic hydroxyl groups is 1. The van der Waals surface area contributed by atoms with E-state index < -0.39 is 0 Å². The number of phenols is 1. The molecule has 0 unspecified atom stereocenters. The summed E-state index contributed by atoms with van der Waals surface area (Å²) in [4.78, 5) is 18.0. The van der Waals surface area contributed by atoms with E-state index in [9.17, 15) is 9.90 Å². The Kier molecular flexibility index (Phi) is 4.20. The zero-order valence-electron chi connectivity index (χ0n) is 11.3. The van der Waals surface area contributed by atoms with Crippen LogP contribution in [0.2, 0.25) is 0 Å². The van der Waals surface area contributed by atoms with Crippen molar-refractivity contribution in [1.29, 1.82) is 0 Å². The number of carbonyl (C=O) groups excluding carboxylic acids is 1. The SMILES string of the molecule is CCN(Cc1ccncc1)C(=O)c1ccc(N)c(O)c1. The van der Waals surface area contributed by atoms with Crippen LogP contribution in [0.4, 0.5) is 5.69 Å². The first-order chi connectivity index (χ1) is 9.61. The molecule has 1 aromatic heterocycles. The Morgan fingerprint density at radius 3 is 2.60 bits per heavy atom. The van der Waals surface area contributed by atoms with Gasteiger partial charge in [0, 0.05) is 31.0 Å². The van der Waals surface area contributed by atoms with E-state index in [1.54, 1.807) is 23.4 Å². The number of phenolic OH excluding ortho intramolecular Hbond substituents is 1. The molecule has 0 saturated heterocycles. The van der Waals surface area contributed by atoms with Gasteiger partial charge in [-0.3, -0.25) is 9.78 Å². The maximum atomic E-state index is 12.4. The molecule has 0 atom stereocenters. The number of anilines is 1. The maximum absolute atomic E-state index is 12.4. The predicted molar refractivity (Wildman–Crippen MR) is 77.2 cm³/mol. The second-order valence-corrected chi connectivity index (χ2v) is 4.45. The number of rotatable bonds is 4. The molecule has 3 N–H and O–H groups in total. The molecule has 0 aliphatic rings. The lowest BCUT2D eigenvalue weighted by atomic mass is 10.1. The van der Waals surface area contributed by atoms with E-state index in [-0.39, 0.29) is 17.3 Å². The fraction of sp³-hybridized carbons (Fsp3) is 0.200. The Labute approximate surface area is 117 Å². The molecular formula is C15H17N3O2. The number of nitrogens with zero attached hydrogens (tertiary/aromatic N) is 2. The molecule has 0 spiro atoms. The van der Waals surface area contributed by atoms with E-state index in [0.29, 0.717) is 18.7 Å². The van der Waals surface area contributed by atoms with E-state index in [0.717, 1.165) is 5.56 Å². The third-order valence-electron chi connectivity index (χ3n) is 3.07. The molecule has 2 rings (SSSR count). The Morgan fingerprint density at radius 1 is 1.30 bits per heavy atom. The Balaban J connectivity index is 2.18. The minimum atomic E-state index is -0.139. The van der Waals surface area contributed by atoms with Crippen LogP contribution in [0.5, 0.6) is 5.75 Å². The summed E-state index contributed by atoms with van der Waals surface area (Å²) in [5.74, 6) is -0.213. The van der Waals surface area contributed by atoms with E-state index in [1.807, 2.05) is 19.1 Å². The zero-order chi connectivity index (χ0) is 14.5. The fourth-order valence-corrected chi connectivity index (χ4v) is 1.90. The third-order valence-corrected chi connectivity index (χ3v) is 3.07. The van der Waals surface area contributed by atoms with Crippen LogP contribution < -0.4 is 5.73 Å². The summed E-state index contributed by atoms with van der Waals surface area (Å²) in [6.07, 6.45) is 3.39. The average molecular weight is 271 g/mol. The molecule has 0 fully saturated rings. The van der Waals surface area contributed by atoms with Crippen molar-refractivity contribution >= 4 is 11.6 Å². The molecule has 1 aromatic carbocycles. The molecule has 0 radical (unpaired) electrons. The van der Waals surface area contributed by atoms with Crippen molar-refractivity contribution in [2.24, 2.45) is 0 Å². The lowest BCUT2D eigenvalue weighted by molar-refractivity contribution is 0.0752. The van der Waals surface area contributed by atoms with Crippen LogP contribution in [0.15, 0.2) is 42.7 Å². The molecule has 1 heterocycles. The lowest BCUT2D eigenvalue weighted by Gasteiger charge is -2.21. The van der Waals surface area contributed by atoms with Gasteiger partial charge in [0.05, 0.1) is 5.69 Å². The predicted octanol–water partition coefficient (Wildman–Crippen LogP) is 2.03. The molecule has 2 aromatic rings. The minimum Gasteiger partial charge on any atom is -0.506 e. The van der Waals surface area contributed by atoms with Crippen LogP contribution >= 0.6 is 0 Å². The summed E-state index contributed by atoms with van der Waals surface area (Å²) in [6.45, 7) is 2.99. The van der Waals surface area contributed by atoms with E-state index in [2.05, 4.69) is 4.98 Å². The summed E-state index contributed by atoms with van der Waals surface area (Å²) in [7, 11) is 0. The monoisotopic (exact) mass is 271 g/mol. The second kappa shape index (κ2) is 6.06. The molecule has 0 aliphatic carbocycles. The highest BCUT2D eigenvalue weighted by Gasteiger charge is 2.15. The van der Waals surface area contributed by atoms with Gasteiger partial charge in [0.15, 0.2) is 0 Å². The van der Waals surface area contributed by atoms with Crippen molar-refractivity contribution in [3.8, 4) is 5.75 Å². The number of hydrogen-bond donors (Lipinski definition) is 2. The van der Waals surface area contributed by atoms with Gasteiger partial charge in [-0.05, 0) is 42.8 Å². The minimum absolute atomic E-state index is 0.0733. The smallest absolute Gasteiger partial charge is 0.254 e. The van der Waals surface area contributed by atoms with Crippen LogP contribution in [-0.2, 0) is 6.54 Å². The fourth-order valence-electron chi connectivity index (χ4n) is 1.90. The maximum Gasteiger partial charge on any atom is 0.254 e. The molecule has 1 amide bonds. The summed E-state index contributed by atoms with van der Waals surface area (Å²) in [5.41, 5.74) is 7.23. The molecule has 5 heteroatoms. The van der Waals surface area contributed by atoms with Crippen LogP contribution in [-0.4, -0.2) is 27.4 Å². The summed E-state index contributed by atoms with van der Waals surface area (Å²) in [5, 5.41) is 9.59. The van der Waals surface area contributed by atoms with Crippen molar-refractivity contribution in [3.05, 3.63) is 53.9 Å². The van der Waals surface area contributed by atoms with E-state index >= 15 is 0 Å². The molecule has 0 bridgehead atoms. The Hall–Kier alpha value is -2.56. The number of hydrogen-bond acceptors (Lipinski definition) is 4. The topological polar surface area (TPSA) is 79.5 Å². The van der Waals surface area contributed by atoms with Crippen molar-refractivity contribution in [2.45, 2.75) is 13.5 Å². The summed E-state index contributed by atoms with van der Waals surface area (Å²) < 4.78 is 0. The van der Waals surface area contributed by atoms with Crippen molar-refractivity contribution < 1.29 is 9.90 Å². The van der Waals surface area contributed by atoms with Gasteiger partial charge in [-0.25, -0.2) is 0 Å². The molecule has 0 aliphatic heterocycles. The van der Waals surface area contributed by atoms with Crippen LogP contribution in [0.1, 0.15) is 22.8 Å². The third kappa shape index (κ3) is 3.06. The number of pyridine rings is 1. The second-order valence-electron chi connectivity index (χ2n) is 4.45. The molecule has 20 heavy (non-hydrogen) atoms. The van der Waals surface area contributed by atoms with Gasteiger partial charge in [0.25, 0.3) is 5.91 Å². The largest absolute Gasteiger partial charge is 0.506 e. The van der Waals surface area contributed by atoms with Gasteiger partial charge in [0.2, 0.25) is 0 Å². The lowest BCUT2D eigenvalue weighted by Crippen LogP contribution is -2.30. The first-order valence-corrected chi connectivity index (χ1v) is 6.38. The van der Waals surface area contributed by atoms with E-state index in [4.69, 9.17) is 5.73 Å². The highest BCUT2D eigenvalue weighted by Crippen LogP contribution is 2.22. The highest BCUT2D eigenvalue weighted by molar-refractivity contribution is 5.95. The number of carbonyl (C=O) groups is 1. The number of amides is 1. The van der Waals surface area contributed by atoms with Crippen LogP contribution in [0, 0.1) is 0 Å². The van der Waals surface area contributed by atoms with Gasteiger partial charge in [-0.15, -0.1) is 0 Å². The normalized spacial score (nSPS) is 10.2. The number of nitrogen functional groups attached to an aromatic ring is 1. The summed E-state index contributed by atoms with van der Waals surface area (Å²) >= 11 is 0. The summed E-state index contributed by atoms with van der Waals surface area (Å²) in [6, 6.07) is 8.29. The van der Waals surface area contributed by atoms with Crippen LogP contribution in [0.3, 0.4) is 0 Å². The number of nitrogens with two attached hydrogens (primary N) is 1. The van der Waals surface area contributed by atoms with Gasteiger partial charge >= 0.3 is 0 Å². The first kappa shape index (κ1) is 13.9. The Morgan fingerprint density at radius 2 is 2.00 bits per heavy atom. The molecule has 0 saturated carbocycles. The Bertz CT molecular complexity index is 599. The standard InChI is InChI=1S/C15H17N3O2/c1-2-18(10-11-5-7-17-8-6-11)15(20)12-3-4-13(16)14(19)9-12/h3-9,19H,2,10,16H2,1H3. The van der Waals surface area contributed by atoms with Gasteiger partial charge in [0.1, 0.15) is 5.75 Å². The van der Waals surface area contributed by atoms with Crippen LogP contribution in [0.25, 0.3) is 0 Å². The number of benzene rings is 1. The molecule has 104 valence electrons. The van der Waals surface area contributed by atoms with E-state index in [1.165, 1.54) is 12.1 Å². The zero-order valence-corrected chi connectivity index (χ0v) is 11.3. The first-order valence-electron chi connectivity index (χ1n) is 6.38. The highest BCUT2D eigenvalue weighted by atomic mass is 16.3. The average Bonchev–Trinajstić information content (AvgIpc) is 2.48. The molecule has 5 nitrogen and oxygen atoms in total. The van der Waals surface area contributed by atoms with Crippen molar-refractivity contribution in [3.63, 3.8) is 0 Å². The van der Waals surface area contributed by atoms with Gasteiger partial charge < -0.3 is 15.7 Å². The molecular weight excluding hydrogens is 254 g/mol. The van der Waals surface area contributed by atoms with Crippen molar-refractivity contribution in [1.82, 2.24) is 9.88 Å². The van der Waals surface area contributed by atoms with Crippen molar-refractivity contribution in [2.75, 3.05) is 12.3 Å².